The van der Waals surface area contributed by atoms with Crippen LogP contribution in [0.5, 0.6) is 0 Å². The average molecular weight is 154 g/mol. The van der Waals surface area contributed by atoms with E-state index in [1.807, 2.05) is 0 Å². The number of carboxylic acids is 1. The lowest BCUT2D eigenvalue weighted by Crippen LogP contribution is -2.49. The Morgan fingerprint density at radius 2 is 1.91 bits per heavy atom. The van der Waals surface area contributed by atoms with Gasteiger partial charge >= 0.3 is 5.97 Å². The van der Waals surface area contributed by atoms with E-state index in [1.54, 1.807) is 0 Å². The molecule has 62 valence electrons. The summed E-state index contributed by atoms with van der Waals surface area (Å²) in [6.07, 6.45) is 4.45. The smallest absolute Gasteiger partial charge is 0.306 e. The lowest BCUT2D eigenvalue weighted by molar-refractivity contribution is -0.157. The van der Waals surface area contributed by atoms with E-state index in [1.165, 1.54) is 12.8 Å². The predicted molar refractivity (Wildman–Crippen MR) is 41.2 cm³/mol. The summed E-state index contributed by atoms with van der Waals surface area (Å²) in [5.74, 6) is 0.252. The van der Waals surface area contributed by atoms with Crippen molar-refractivity contribution in [2.75, 3.05) is 0 Å². The summed E-state index contributed by atoms with van der Waals surface area (Å²) in [5, 5.41) is 8.65. The monoisotopic (exact) mass is 154 g/mol. The zero-order valence-electron chi connectivity index (χ0n) is 6.84. The molecule has 0 aromatic carbocycles. The van der Waals surface area contributed by atoms with Gasteiger partial charge in [-0.05, 0) is 37.0 Å². The molecule has 2 heteroatoms. The van der Waals surface area contributed by atoms with Gasteiger partial charge in [0, 0.05) is 0 Å². The Hall–Kier alpha value is -0.530. The second-order valence-corrected chi connectivity index (χ2v) is 4.46. The van der Waals surface area contributed by atoms with E-state index in [2.05, 4.69) is 6.92 Å². The molecule has 2 aliphatic carbocycles. The van der Waals surface area contributed by atoms with E-state index >= 15 is 0 Å². The Bertz CT molecular complexity index is 184. The van der Waals surface area contributed by atoms with Gasteiger partial charge in [-0.25, -0.2) is 0 Å². The van der Waals surface area contributed by atoms with Crippen molar-refractivity contribution in [1.29, 1.82) is 0 Å². The molecule has 0 aromatic heterocycles. The molecule has 0 saturated heterocycles. The maximum Gasteiger partial charge on any atom is 0.306 e. The molecule has 1 spiro atoms. The molecule has 0 atom stereocenters. The van der Waals surface area contributed by atoms with Crippen molar-refractivity contribution < 1.29 is 9.90 Å². The highest BCUT2D eigenvalue weighted by atomic mass is 16.4. The summed E-state index contributed by atoms with van der Waals surface area (Å²) in [5.41, 5.74) is 0.489. The summed E-state index contributed by atoms with van der Waals surface area (Å²) in [6.45, 7) is 2.25. The quantitative estimate of drug-likeness (QED) is 0.626. The van der Waals surface area contributed by atoms with Gasteiger partial charge in [-0.1, -0.05) is 6.92 Å². The van der Waals surface area contributed by atoms with E-state index < -0.39 is 5.97 Å². The van der Waals surface area contributed by atoms with Crippen LogP contribution in [-0.2, 0) is 4.79 Å². The van der Waals surface area contributed by atoms with Crippen LogP contribution in [0.2, 0.25) is 0 Å². The molecule has 0 radical (unpaired) electrons. The zero-order chi connectivity index (χ0) is 8.06. The van der Waals surface area contributed by atoms with Crippen molar-refractivity contribution in [2.24, 2.45) is 17.3 Å². The first kappa shape index (κ1) is 7.14. The van der Waals surface area contributed by atoms with Gasteiger partial charge in [0.25, 0.3) is 0 Å². The molecule has 0 aliphatic heterocycles. The molecule has 0 aromatic rings. The number of carboxylic acid groups (broad SMARTS) is 1. The molecule has 0 heterocycles. The first-order valence-electron chi connectivity index (χ1n) is 4.34. The van der Waals surface area contributed by atoms with Crippen LogP contribution in [0.4, 0.5) is 0 Å². The molecule has 0 amide bonds. The van der Waals surface area contributed by atoms with Crippen LogP contribution >= 0.6 is 0 Å². The van der Waals surface area contributed by atoms with Gasteiger partial charge in [-0.15, -0.1) is 0 Å². The lowest BCUT2D eigenvalue weighted by atomic mass is 9.48. The summed E-state index contributed by atoms with van der Waals surface area (Å²) in [6, 6.07) is 0. The fourth-order valence-electron chi connectivity index (χ4n) is 2.91. The Kier molecular flexibility index (Phi) is 1.29. The summed E-state index contributed by atoms with van der Waals surface area (Å²) in [4.78, 5) is 10.5. The minimum Gasteiger partial charge on any atom is -0.481 e. The van der Waals surface area contributed by atoms with Gasteiger partial charge in [0.05, 0.1) is 5.92 Å². The fraction of sp³-hybridized carbons (Fsp3) is 0.889. The minimum atomic E-state index is -0.588. The molecular weight excluding hydrogens is 140 g/mol. The van der Waals surface area contributed by atoms with E-state index in [4.69, 9.17) is 5.11 Å². The topological polar surface area (TPSA) is 37.3 Å². The first-order chi connectivity index (χ1) is 5.11. The van der Waals surface area contributed by atoms with Gasteiger partial charge < -0.3 is 5.11 Å². The Morgan fingerprint density at radius 1 is 1.36 bits per heavy atom. The number of hydrogen-bond acceptors (Lipinski definition) is 1. The van der Waals surface area contributed by atoms with Crippen LogP contribution in [0.3, 0.4) is 0 Å². The van der Waals surface area contributed by atoms with Gasteiger partial charge in [0.15, 0.2) is 0 Å². The lowest BCUT2D eigenvalue weighted by Gasteiger charge is -2.56. The zero-order valence-corrected chi connectivity index (χ0v) is 6.84. The standard InChI is InChI=1S/C9H14O2/c1-6-2-9(3-6)4-7(5-9)8(10)11/h6-7H,2-5H2,1H3,(H,10,11). The van der Waals surface area contributed by atoms with E-state index in [0.717, 1.165) is 18.8 Å². The molecule has 0 unspecified atom stereocenters. The number of carbonyl (C=O) groups is 1. The molecule has 2 fully saturated rings. The maximum atomic E-state index is 10.5. The van der Waals surface area contributed by atoms with Crippen LogP contribution in [0.1, 0.15) is 32.6 Å². The van der Waals surface area contributed by atoms with Gasteiger partial charge in [-0.3, -0.25) is 4.79 Å². The highest BCUT2D eigenvalue weighted by Gasteiger charge is 2.53. The van der Waals surface area contributed by atoms with Crippen LogP contribution in [0.25, 0.3) is 0 Å². The second kappa shape index (κ2) is 1.99. The summed E-state index contributed by atoms with van der Waals surface area (Å²) in [7, 11) is 0. The number of hydrogen-bond donors (Lipinski definition) is 1. The molecule has 2 rings (SSSR count). The highest BCUT2D eigenvalue weighted by molar-refractivity contribution is 5.71. The van der Waals surface area contributed by atoms with Crippen LogP contribution in [0.15, 0.2) is 0 Å². The number of rotatable bonds is 1. The molecule has 1 N–H and O–H groups in total. The first-order valence-corrected chi connectivity index (χ1v) is 4.34. The van der Waals surface area contributed by atoms with E-state index in [-0.39, 0.29) is 5.92 Å². The van der Waals surface area contributed by atoms with Gasteiger partial charge in [0.2, 0.25) is 0 Å². The molecule has 2 aliphatic rings. The Balaban J connectivity index is 1.84. The predicted octanol–water partition coefficient (Wildman–Crippen LogP) is 1.90. The molecule has 2 nitrogen and oxygen atoms in total. The maximum absolute atomic E-state index is 10.5. The third kappa shape index (κ3) is 0.959. The summed E-state index contributed by atoms with van der Waals surface area (Å²) < 4.78 is 0. The number of aliphatic carboxylic acids is 1. The summed E-state index contributed by atoms with van der Waals surface area (Å²) >= 11 is 0. The third-order valence-electron chi connectivity index (χ3n) is 3.27. The van der Waals surface area contributed by atoms with Crippen LogP contribution < -0.4 is 0 Å². The van der Waals surface area contributed by atoms with Crippen molar-refractivity contribution in [2.45, 2.75) is 32.6 Å². The SMILES string of the molecule is CC1CC2(C1)CC(C(=O)O)C2. The van der Waals surface area contributed by atoms with Crippen LogP contribution in [-0.4, -0.2) is 11.1 Å². The minimum absolute atomic E-state index is 0.0116. The van der Waals surface area contributed by atoms with Gasteiger partial charge in [-0.2, -0.15) is 0 Å². The van der Waals surface area contributed by atoms with Crippen molar-refractivity contribution >= 4 is 5.97 Å². The Morgan fingerprint density at radius 3 is 2.27 bits per heavy atom. The Labute approximate surface area is 66.6 Å². The molecule has 11 heavy (non-hydrogen) atoms. The van der Waals surface area contributed by atoms with Crippen molar-refractivity contribution in [3.05, 3.63) is 0 Å². The van der Waals surface area contributed by atoms with Crippen molar-refractivity contribution in [3.63, 3.8) is 0 Å². The highest BCUT2D eigenvalue weighted by Crippen LogP contribution is 2.60. The van der Waals surface area contributed by atoms with Crippen LogP contribution in [0, 0.1) is 17.3 Å². The van der Waals surface area contributed by atoms with Crippen molar-refractivity contribution in [1.82, 2.24) is 0 Å². The molecule has 2 saturated carbocycles. The van der Waals surface area contributed by atoms with Gasteiger partial charge in [0.1, 0.15) is 0 Å². The normalized spacial score (nSPS) is 48.1. The third-order valence-corrected chi connectivity index (χ3v) is 3.27. The second-order valence-electron chi connectivity index (χ2n) is 4.46. The molecule has 0 bridgehead atoms. The average Bonchev–Trinajstić information content (AvgIpc) is 1.73. The van der Waals surface area contributed by atoms with Crippen molar-refractivity contribution in [3.8, 4) is 0 Å². The van der Waals surface area contributed by atoms with E-state index in [9.17, 15) is 4.79 Å². The molecular formula is C9H14O2. The largest absolute Gasteiger partial charge is 0.481 e. The van der Waals surface area contributed by atoms with E-state index in [0.29, 0.717) is 5.41 Å². The fourth-order valence-corrected chi connectivity index (χ4v) is 2.91.